The van der Waals surface area contributed by atoms with Crippen molar-refractivity contribution in [1.29, 1.82) is 0 Å². The van der Waals surface area contributed by atoms with Gasteiger partial charge in [-0.15, -0.1) is 11.3 Å². The summed E-state index contributed by atoms with van der Waals surface area (Å²) in [5.74, 6) is 0. The van der Waals surface area contributed by atoms with E-state index in [2.05, 4.69) is 37.3 Å². The number of aryl methyl sites for hydroxylation is 1. The Morgan fingerprint density at radius 2 is 1.82 bits per heavy atom. The summed E-state index contributed by atoms with van der Waals surface area (Å²) in [6, 6.07) is 19.2. The van der Waals surface area contributed by atoms with E-state index in [4.69, 9.17) is 0 Å². The van der Waals surface area contributed by atoms with Crippen molar-refractivity contribution < 1.29 is 4.92 Å². The van der Waals surface area contributed by atoms with Gasteiger partial charge in [-0.3, -0.25) is 10.1 Å². The van der Waals surface area contributed by atoms with Crippen LogP contribution in [0.25, 0.3) is 10.4 Å². The van der Waals surface area contributed by atoms with Crippen LogP contribution in [0.15, 0.2) is 69.8 Å². The highest BCUT2D eigenvalue weighted by molar-refractivity contribution is 8.01. The van der Waals surface area contributed by atoms with Crippen LogP contribution in [-0.2, 0) is 0 Å². The second kappa shape index (κ2) is 6.34. The maximum atomic E-state index is 10.9. The van der Waals surface area contributed by atoms with Gasteiger partial charge < -0.3 is 0 Å². The third-order valence-corrected chi connectivity index (χ3v) is 5.44. The van der Waals surface area contributed by atoms with Crippen LogP contribution < -0.4 is 0 Å². The van der Waals surface area contributed by atoms with Crippen molar-refractivity contribution in [3.8, 4) is 10.4 Å². The number of nitro benzene ring substituents is 1. The molecule has 0 aliphatic heterocycles. The monoisotopic (exact) mass is 327 g/mol. The maximum absolute atomic E-state index is 10.9. The Hall–Kier alpha value is -2.11. The Bertz CT molecular complexity index is 810. The maximum Gasteiger partial charge on any atom is 0.270 e. The molecule has 0 saturated carbocycles. The second-order valence-corrected chi connectivity index (χ2v) is 7.30. The van der Waals surface area contributed by atoms with Crippen LogP contribution in [0.2, 0.25) is 0 Å². The highest BCUT2D eigenvalue weighted by atomic mass is 32.2. The van der Waals surface area contributed by atoms with Crippen molar-refractivity contribution in [2.45, 2.75) is 16.0 Å². The molecule has 0 bridgehead atoms. The average molecular weight is 327 g/mol. The molecule has 0 aliphatic rings. The lowest BCUT2D eigenvalue weighted by atomic mass is 10.2. The number of hydrogen-bond donors (Lipinski definition) is 0. The minimum atomic E-state index is -0.362. The zero-order valence-corrected chi connectivity index (χ0v) is 13.5. The Morgan fingerprint density at radius 3 is 2.55 bits per heavy atom. The van der Waals surface area contributed by atoms with E-state index in [-0.39, 0.29) is 10.6 Å². The molecular weight excluding hydrogens is 314 g/mol. The van der Waals surface area contributed by atoms with E-state index >= 15 is 0 Å². The number of hydrogen-bond acceptors (Lipinski definition) is 4. The highest BCUT2D eigenvalue weighted by Gasteiger charge is 2.09. The summed E-state index contributed by atoms with van der Waals surface area (Å²) in [7, 11) is 0. The van der Waals surface area contributed by atoms with Crippen molar-refractivity contribution in [2.24, 2.45) is 0 Å². The quantitative estimate of drug-likeness (QED) is 0.450. The molecule has 0 fully saturated rings. The van der Waals surface area contributed by atoms with Gasteiger partial charge in [-0.2, -0.15) is 0 Å². The fourth-order valence-corrected chi connectivity index (χ4v) is 4.12. The summed E-state index contributed by atoms with van der Waals surface area (Å²) in [6.07, 6.45) is 0. The van der Waals surface area contributed by atoms with Gasteiger partial charge in [-0.1, -0.05) is 41.6 Å². The van der Waals surface area contributed by atoms with Crippen molar-refractivity contribution in [2.75, 3.05) is 0 Å². The highest BCUT2D eigenvalue weighted by Crippen LogP contribution is 2.38. The predicted octanol–water partition coefficient (Wildman–Crippen LogP) is 5.78. The van der Waals surface area contributed by atoms with Crippen LogP contribution >= 0.6 is 23.1 Å². The lowest BCUT2D eigenvalue weighted by Crippen LogP contribution is -1.87. The first-order valence-electron chi connectivity index (χ1n) is 6.71. The normalized spacial score (nSPS) is 10.6. The van der Waals surface area contributed by atoms with Gasteiger partial charge in [0.25, 0.3) is 5.69 Å². The molecule has 1 heterocycles. The molecule has 0 radical (unpaired) electrons. The first-order chi connectivity index (χ1) is 10.6. The largest absolute Gasteiger partial charge is 0.270 e. The molecule has 22 heavy (non-hydrogen) atoms. The predicted molar refractivity (Wildman–Crippen MR) is 91.7 cm³/mol. The van der Waals surface area contributed by atoms with E-state index in [0.29, 0.717) is 0 Å². The van der Waals surface area contributed by atoms with Crippen molar-refractivity contribution in [1.82, 2.24) is 0 Å². The zero-order valence-electron chi connectivity index (χ0n) is 11.9. The van der Waals surface area contributed by atoms with Crippen LogP contribution in [-0.4, -0.2) is 4.92 Å². The summed E-state index contributed by atoms with van der Waals surface area (Å²) >= 11 is 3.35. The number of non-ortho nitro benzene ring substituents is 1. The summed E-state index contributed by atoms with van der Waals surface area (Å²) in [5.41, 5.74) is 2.25. The van der Waals surface area contributed by atoms with E-state index in [1.165, 1.54) is 20.7 Å². The molecule has 3 nitrogen and oxygen atoms in total. The molecule has 0 unspecified atom stereocenters. The van der Waals surface area contributed by atoms with Gasteiger partial charge >= 0.3 is 0 Å². The summed E-state index contributed by atoms with van der Waals surface area (Å²) < 4.78 is 1.17. The van der Waals surface area contributed by atoms with Gasteiger partial charge in [-0.05, 0) is 36.8 Å². The number of thiophene rings is 1. The van der Waals surface area contributed by atoms with E-state index in [9.17, 15) is 10.1 Å². The summed E-state index contributed by atoms with van der Waals surface area (Å²) in [5, 5.41) is 10.9. The lowest BCUT2D eigenvalue weighted by molar-refractivity contribution is -0.384. The SMILES string of the molecule is Cc1ccc(Sc2ccc(-c3cccc([N+](=O)[O-])c3)s2)cc1. The molecule has 0 spiro atoms. The Labute approximate surface area is 136 Å². The minimum Gasteiger partial charge on any atom is -0.258 e. The molecule has 110 valence electrons. The number of nitro groups is 1. The van der Waals surface area contributed by atoms with Crippen LogP contribution in [0.3, 0.4) is 0 Å². The summed E-state index contributed by atoms with van der Waals surface area (Å²) in [6.45, 7) is 2.07. The molecule has 0 N–H and O–H groups in total. The second-order valence-electron chi connectivity index (χ2n) is 4.84. The van der Waals surface area contributed by atoms with Gasteiger partial charge in [0, 0.05) is 21.9 Å². The molecular formula is C17H13NO2S2. The standard InChI is InChI=1S/C17H13NO2S2/c1-12-5-7-15(8-6-12)21-17-10-9-16(22-17)13-3-2-4-14(11-13)18(19)20/h2-11H,1H3. The topological polar surface area (TPSA) is 43.1 Å². The average Bonchev–Trinajstić information content (AvgIpc) is 2.98. The van der Waals surface area contributed by atoms with Gasteiger partial charge in [0.15, 0.2) is 0 Å². The third-order valence-electron chi connectivity index (χ3n) is 3.16. The smallest absolute Gasteiger partial charge is 0.258 e. The molecule has 5 heteroatoms. The molecule has 0 aliphatic carbocycles. The van der Waals surface area contributed by atoms with Gasteiger partial charge in [0.05, 0.1) is 9.13 Å². The Morgan fingerprint density at radius 1 is 1.05 bits per heavy atom. The minimum absolute atomic E-state index is 0.124. The first kappa shape index (κ1) is 14.8. The van der Waals surface area contributed by atoms with E-state index in [1.54, 1.807) is 35.2 Å². The van der Waals surface area contributed by atoms with Crippen molar-refractivity contribution in [3.63, 3.8) is 0 Å². The molecule has 1 aromatic heterocycles. The van der Waals surface area contributed by atoms with Crippen LogP contribution in [0.5, 0.6) is 0 Å². The van der Waals surface area contributed by atoms with Crippen LogP contribution in [0.4, 0.5) is 5.69 Å². The Kier molecular flexibility index (Phi) is 4.27. The van der Waals surface area contributed by atoms with Gasteiger partial charge in [-0.25, -0.2) is 0 Å². The van der Waals surface area contributed by atoms with Gasteiger partial charge in [0.2, 0.25) is 0 Å². The van der Waals surface area contributed by atoms with Gasteiger partial charge in [0.1, 0.15) is 0 Å². The van der Waals surface area contributed by atoms with Crippen LogP contribution in [0, 0.1) is 17.0 Å². The van der Waals surface area contributed by atoms with E-state index < -0.39 is 0 Å². The molecule has 2 aromatic carbocycles. The molecule has 3 rings (SSSR count). The lowest BCUT2D eigenvalue weighted by Gasteiger charge is -1.99. The first-order valence-corrected chi connectivity index (χ1v) is 8.34. The molecule has 0 atom stereocenters. The number of nitrogens with zero attached hydrogens (tertiary/aromatic N) is 1. The van der Waals surface area contributed by atoms with Crippen molar-refractivity contribution >= 4 is 28.8 Å². The molecule has 0 amide bonds. The number of benzene rings is 2. The van der Waals surface area contributed by atoms with E-state index in [1.807, 2.05) is 12.1 Å². The zero-order chi connectivity index (χ0) is 15.5. The fraction of sp³-hybridized carbons (Fsp3) is 0.0588. The third kappa shape index (κ3) is 3.37. The fourth-order valence-electron chi connectivity index (χ4n) is 2.03. The number of rotatable bonds is 4. The molecule has 0 saturated heterocycles. The summed E-state index contributed by atoms with van der Waals surface area (Å²) in [4.78, 5) is 12.7. The molecule has 3 aromatic rings. The van der Waals surface area contributed by atoms with Crippen LogP contribution in [0.1, 0.15) is 5.56 Å². The van der Waals surface area contributed by atoms with E-state index in [0.717, 1.165) is 10.4 Å². The Balaban J connectivity index is 1.83. The van der Waals surface area contributed by atoms with Crippen molar-refractivity contribution in [3.05, 3.63) is 76.3 Å².